The molecule has 0 atom stereocenters. The van der Waals surface area contributed by atoms with Crippen LogP contribution in [0.25, 0.3) is 0 Å². The van der Waals surface area contributed by atoms with Crippen molar-refractivity contribution < 1.29 is 4.52 Å². The van der Waals surface area contributed by atoms with Crippen LogP contribution in [0.5, 0.6) is 0 Å². The van der Waals surface area contributed by atoms with Crippen molar-refractivity contribution in [2.75, 3.05) is 5.32 Å². The fraction of sp³-hybridized carbons (Fsp3) is 0.231. The monoisotopic (exact) mass is 372 g/mol. The van der Waals surface area contributed by atoms with Crippen LogP contribution in [-0.4, -0.2) is 11.1 Å². The topological polar surface area (TPSA) is 76.4 Å². The number of hydrogen-bond donors (Lipinski definition) is 2. The Labute approximate surface area is 129 Å². The van der Waals surface area contributed by atoms with Crippen LogP contribution in [0.15, 0.2) is 40.0 Å². The van der Waals surface area contributed by atoms with Crippen molar-refractivity contribution >= 4 is 35.6 Å². The van der Waals surface area contributed by atoms with Crippen LogP contribution in [-0.2, 0) is 6.54 Å². The number of nitrogens with one attached hydrogen (secondary N) is 1. The number of nitrogens with two attached hydrogens (primary N) is 1. The van der Waals surface area contributed by atoms with Gasteiger partial charge in [0.25, 0.3) is 0 Å². The number of nitrogens with zero attached hydrogens (tertiary/aromatic N) is 2. The number of aliphatic imine (C=N–C) groups is 1. The molecule has 0 aliphatic heterocycles. The van der Waals surface area contributed by atoms with Gasteiger partial charge in [0.1, 0.15) is 12.0 Å². The van der Waals surface area contributed by atoms with Crippen LogP contribution in [0.4, 0.5) is 5.69 Å². The third-order valence-corrected chi connectivity index (χ3v) is 2.40. The van der Waals surface area contributed by atoms with E-state index in [2.05, 4.69) is 21.5 Å². The van der Waals surface area contributed by atoms with Gasteiger partial charge in [-0.25, -0.2) is 4.99 Å². The van der Waals surface area contributed by atoms with E-state index >= 15 is 0 Å². The van der Waals surface area contributed by atoms with Gasteiger partial charge in [0, 0.05) is 11.8 Å². The van der Waals surface area contributed by atoms with E-state index in [-0.39, 0.29) is 24.0 Å². The smallest absolute Gasteiger partial charge is 0.193 e. The highest BCUT2D eigenvalue weighted by Crippen LogP contribution is 2.13. The Morgan fingerprint density at radius 3 is 2.58 bits per heavy atom. The first kappa shape index (κ1) is 15.5. The molecule has 0 unspecified atom stereocenters. The molecule has 0 spiro atoms. The normalized spacial score (nSPS) is 10.9. The van der Waals surface area contributed by atoms with Crippen LogP contribution in [0, 0.1) is 13.8 Å². The third-order valence-electron chi connectivity index (χ3n) is 2.40. The molecule has 0 amide bonds. The summed E-state index contributed by atoms with van der Waals surface area (Å²) in [5, 5.41) is 6.81. The summed E-state index contributed by atoms with van der Waals surface area (Å²) in [5.41, 5.74) is 9.86. The summed E-state index contributed by atoms with van der Waals surface area (Å²) in [7, 11) is 0. The first-order valence-electron chi connectivity index (χ1n) is 5.68. The Balaban J connectivity index is 0.00000180. The average molecular weight is 372 g/mol. The Bertz CT molecular complexity index is 532. The average Bonchev–Trinajstić information content (AvgIpc) is 2.77. The summed E-state index contributed by atoms with van der Waals surface area (Å²) in [6.07, 6.45) is 1.51. The third kappa shape index (κ3) is 4.90. The van der Waals surface area contributed by atoms with Gasteiger partial charge in [-0.3, -0.25) is 0 Å². The molecule has 0 fully saturated rings. The predicted molar refractivity (Wildman–Crippen MR) is 86.8 cm³/mol. The van der Waals surface area contributed by atoms with Crippen LogP contribution in [0.3, 0.4) is 0 Å². The van der Waals surface area contributed by atoms with Crippen LogP contribution in [0.1, 0.15) is 16.8 Å². The van der Waals surface area contributed by atoms with Gasteiger partial charge in [0.05, 0.1) is 6.54 Å². The number of hydrogen-bond acceptors (Lipinski definition) is 3. The summed E-state index contributed by atoms with van der Waals surface area (Å²) in [5.74, 6) is 0.364. The molecule has 0 radical (unpaired) electrons. The van der Waals surface area contributed by atoms with Crippen molar-refractivity contribution in [2.45, 2.75) is 20.4 Å². The number of benzene rings is 1. The molecule has 0 saturated heterocycles. The van der Waals surface area contributed by atoms with Crippen LogP contribution >= 0.6 is 24.0 Å². The van der Waals surface area contributed by atoms with Gasteiger partial charge in [-0.05, 0) is 37.1 Å². The van der Waals surface area contributed by atoms with Gasteiger partial charge in [0.15, 0.2) is 5.96 Å². The standard InChI is InChI=1S/C13H16N4O.HI/c1-9-5-10(2)7-12(6-9)16-13(14)15-8-11-3-4-18-17-11;/h3-7H,8H2,1-2H3,(H3,14,15,16);1H. The molecule has 0 aliphatic rings. The van der Waals surface area contributed by atoms with E-state index in [0.29, 0.717) is 12.5 Å². The lowest BCUT2D eigenvalue weighted by molar-refractivity contribution is 0.412. The van der Waals surface area contributed by atoms with Crippen molar-refractivity contribution in [2.24, 2.45) is 10.7 Å². The molecule has 2 aromatic rings. The highest BCUT2D eigenvalue weighted by Gasteiger charge is 1.99. The number of rotatable bonds is 3. The molecule has 3 N–H and O–H groups in total. The molecule has 1 aromatic heterocycles. The Morgan fingerprint density at radius 1 is 1.32 bits per heavy atom. The van der Waals surface area contributed by atoms with Crippen LogP contribution < -0.4 is 11.1 Å². The van der Waals surface area contributed by atoms with Crippen LogP contribution in [0.2, 0.25) is 0 Å². The molecule has 2 rings (SSSR count). The van der Waals surface area contributed by atoms with E-state index in [1.54, 1.807) is 6.07 Å². The minimum absolute atomic E-state index is 0. The number of aryl methyl sites for hydroxylation is 2. The van der Waals surface area contributed by atoms with Crippen molar-refractivity contribution in [3.8, 4) is 0 Å². The van der Waals surface area contributed by atoms with E-state index in [0.717, 1.165) is 11.4 Å². The molecule has 19 heavy (non-hydrogen) atoms. The van der Waals surface area contributed by atoms with Gasteiger partial charge >= 0.3 is 0 Å². The van der Waals surface area contributed by atoms with E-state index in [4.69, 9.17) is 10.3 Å². The highest BCUT2D eigenvalue weighted by molar-refractivity contribution is 14.0. The largest absolute Gasteiger partial charge is 0.370 e. The van der Waals surface area contributed by atoms with Gasteiger partial charge in [-0.15, -0.1) is 24.0 Å². The lowest BCUT2D eigenvalue weighted by Gasteiger charge is -2.07. The Morgan fingerprint density at radius 2 is 2.00 bits per heavy atom. The Hall–Kier alpha value is -1.57. The number of guanidine groups is 1. The lowest BCUT2D eigenvalue weighted by Crippen LogP contribution is -2.22. The highest BCUT2D eigenvalue weighted by atomic mass is 127. The predicted octanol–water partition coefficient (Wildman–Crippen LogP) is 2.84. The second kappa shape index (κ2) is 7.13. The summed E-state index contributed by atoms with van der Waals surface area (Å²) in [4.78, 5) is 4.18. The van der Waals surface area contributed by atoms with Gasteiger partial charge in [-0.1, -0.05) is 11.2 Å². The molecule has 0 aliphatic carbocycles. The van der Waals surface area contributed by atoms with Crippen molar-refractivity contribution in [1.29, 1.82) is 0 Å². The minimum Gasteiger partial charge on any atom is -0.370 e. The van der Waals surface area contributed by atoms with Crippen molar-refractivity contribution in [3.05, 3.63) is 47.3 Å². The molecule has 0 saturated carbocycles. The first-order chi connectivity index (χ1) is 8.63. The maximum atomic E-state index is 5.80. The zero-order valence-electron chi connectivity index (χ0n) is 10.9. The minimum atomic E-state index is 0. The zero-order valence-corrected chi connectivity index (χ0v) is 13.2. The summed E-state index contributed by atoms with van der Waals surface area (Å²) >= 11 is 0. The zero-order chi connectivity index (χ0) is 13.0. The molecule has 6 heteroatoms. The van der Waals surface area contributed by atoms with E-state index in [1.807, 2.05) is 26.0 Å². The van der Waals surface area contributed by atoms with Gasteiger partial charge in [-0.2, -0.15) is 0 Å². The van der Waals surface area contributed by atoms with E-state index in [9.17, 15) is 0 Å². The molecule has 5 nitrogen and oxygen atoms in total. The Kier molecular flexibility index (Phi) is 5.81. The summed E-state index contributed by atoms with van der Waals surface area (Å²) in [6.45, 7) is 4.49. The molecule has 102 valence electrons. The molecule has 1 heterocycles. The molecular weight excluding hydrogens is 355 g/mol. The molecule has 1 aromatic carbocycles. The summed E-state index contributed by atoms with van der Waals surface area (Å²) < 4.78 is 4.72. The fourth-order valence-corrected chi connectivity index (χ4v) is 1.72. The lowest BCUT2D eigenvalue weighted by atomic mass is 10.1. The number of aromatic nitrogens is 1. The second-order valence-electron chi connectivity index (χ2n) is 4.19. The number of anilines is 1. The first-order valence-corrected chi connectivity index (χ1v) is 5.68. The number of halogens is 1. The maximum Gasteiger partial charge on any atom is 0.193 e. The van der Waals surface area contributed by atoms with Gasteiger partial charge < -0.3 is 15.6 Å². The summed E-state index contributed by atoms with van der Waals surface area (Å²) in [6, 6.07) is 7.90. The van der Waals surface area contributed by atoms with Crippen molar-refractivity contribution in [3.63, 3.8) is 0 Å². The quantitative estimate of drug-likeness (QED) is 0.494. The molecular formula is C13H17IN4O. The molecule has 0 bridgehead atoms. The van der Waals surface area contributed by atoms with E-state index < -0.39 is 0 Å². The van der Waals surface area contributed by atoms with Gasteiger partial charge in [0.2, 0.25) is 0 Å². The van der Waals surface area contributed by atoms with E-state index in [1.165, 1.54) is 17.4 Å². The SMILES string of the molecule is Cc1cc(C)cc(NC(N)=NCc2ccon2)c1.I. The maximum absolute atomic E-state index is 5.80. The van der Waals surface area contributed by atoms with Crippen molar-refractivity contribution in [1.82, 2.24) is 5.16 Å². The second-order valence-corrected chi connectivity index (χ2v) is 4.19. The fourth-order valence-electron chi connectivity index (χ4n) is 1.72.